The summed E-state index contributed by atoms with van der Waals surface area (Å²) in [6, 6.07) is 6.27. The van der Waals surface area contributed by atoms with E-state index in [2.05, 4.69) is 17.3 Å². The van der Waals surface area contributed by atoms with Gasteiger partial charge in [0.1, 0.15) is 5.75 Å². The zero-order valence-corrected chi connectivity index (χ0v) is 10.6. The van der Waals surface area contributed by atoms with Crippen LogP contribution >= 0.6 is 0 Å². The lowest BCUT2D eigenvalue weighted by molar-refractivity contribution is 0.261. The first kappa shape index (κ1) is 12.0. The highest BCUT2D eigenvalue weighted by molar-refractivity contribution is 5.68. The van der Waals surface area contributed by atoms with Gasteiger partial charge < -0.3 is 20.7 Å². The van der Waals surface area contributed by atoms with Crippen LogP contribution in [-0.2, 0) is 0 Å². The van der Waals surface area contributed by atoms with Gasteiger partial charge in [0.25, 0.3) is 0 Å². The summed E-state index contributed by atoms with van der Waals surface area (Å²) in [4.78, 5) is 2.35. The molecule has 0 aromatic heterocycles. The van der Waals surface area contributed by atoms with Gasteiger partial charge in [-0.1, -0.05) is 0 Å². The molecule has 1 aromatic rings. The molecule has 4 nitrogen and oxygen atoms in total. The average Bonchev–Trinajstić information content (AvgIpc) is 2.32. The number of anilines is 2. The second kappa shape index (κ2) is 5.27. The standard InChI is InChI=1S/C13H21N3O/c1-16-7-3-4-10(9-16)15-13-6-5-11(17-2)8-12(13)14/h5-6,8,10,15H,3-4,7,9,14H2,1-2H3. The van der Waals surface area contributed by atoms with E-state index in [4.69, 9.17) is 10.5 Å². The van der Waals surface area contributed by atoms with E-state index in [-0.39, 0.29) is 0 Å². The molecular formula is C13H21N3O. The Morgan fingerprint density at radius 1 is 1.47 bits per heavy atom. The lowest BCUT2D eigenvalue weighted by atomic mass is 10.1. The van der Waals surface area contributed by atoms with Crippen LogP contribution in [-0.4, -0.2) is 38.2 Å². The van der Waals surface area contributed by atoms with Gasteiger partial charge in [0, 0.05) is 18.7 Å². The third kappa shape index (κ3) is 3.03. The molecule has 1 saturated heterocycles. The van der Waals surface area contributed by atoms with Crippen molar-refractivity contribution in [2.24, 2.45) is 0 Å². The summed E-state index contributed by atoms with van der Waals surface area (Å²) in [7, 11) is 3.81. The third-order valence-corrected chi connectivity index (χ3v) is 3.24. The Labute approximate surface area is 103 Å². The van der Waals surface area contributed by atoms with Gasteiger partial charge in [-0.3, -0.25) is 0 Å². The molecule has 94 valence electrons. The highest BCUT2D eigenvalue weighted by atomic mass is 16.5. The van der Waals surface area contributed by atoms with Crippen LogP contribution in [0.5, 0.6) is 5.75 Å². The van der Waals surface area contributed by atoms with E-state index in [1.165, 1.54) is 19.4 Å². The molecule has 0 aliphatic carbocycles. The molecule has 4 heteroatoms. The first-order valence-electron chi connectivity index (χ1n) is 6.07. The topological polar surface area (TPSA) is 50.5 Å². The Kier molecular flexibility index (Phi) is 3.74. The number of likely N-dealkylation sites (tertiary alicyclic amines) is 1. The fourth-order valence-corrected chi connectivity index (χ4v) is 2.30. The van der Waals surface area contributed by atoms with Crippen LogP contribution in [0.25, 0.3) is 0 Å². The Morgan fingerprint density at radius 3 is 2.94 bits per heavy atom. The number of methoxy groups -OCH3 is 1. The van der Waals surface area contributed by atoms with E-state index < -0.39 is 0 Å². The normalized spacial score (nSPS) is 21.2. The predicted molar refractivity (Wildman–Crippen MR) is 71.5 cm³/mol. The minimum Gasteiger partial charge on any atom is -0.497 e. The maximum atomic E-state index is 5.99. The summed E-state index contributed by atoms with van der Waals surface area (Å²) in [5, 5.41) is 3.51. The summed E-state index contributed by atoms with van der Waals surface area (Å²) < 4.78 is 5.14. The smallest absolute Gasteiger partial charge is 0.121 e. The second-order valence-corrected chi connectivity index (χ2v) is 4.70. The number of nitrogen functional groups attached to an aromatic ring is 1. The zero-order chi connectivity index (χ0) is 12.3. The molecule has 3 N–H and O–H groups in total. The van der Waals surface area contributed by atoms with Crippen LogP contribution in [0.2, 0.25) is 0 Å². The average molecular weight is 235 g/mol. The number of hydrogen-bond donors (Lipinski definition) is 2. The van der Waals surface area contributed by atoms with E-state index in [1.807, 2.05) is 18.2 Å². The first-order chi connectivity index (χ1) is 8.19. The van der Waals surface area contributed by atoms with Gasteiger partial charge in [-0.2, -0.15) is 0 Å². The quantitative estimate of drug-likeness (QED) is 0.784. The summed E-state index contributed by atoms with van der Waals surface area (Å²) in [5.41, 5.74) is 7.75. The number of nitrogens with one attached hydrogen (secondary N) is 1. The van der Waals surface area contributed by atoms with E-state index in [0.717, 1.165) is 23.7 Å². The van der Waals surface area contributed by atoms with E-state index in [9.17, 15) is 0 Å². The molecule has 0 saturated carbocycles. The van der Waals surface area contributed by atoms with Gasteiger partial charge in [-0.25, -0.2) is 0 Å². The molecule has 0 bridgehead atoms. The van der Waals surface area contributed by atoms with Crippen molar-refractivity contribution >= 4 is 11.4 Å². The van der Waals surface area contributed by atoms with Gasteiger partial charge in [-0.15, -0.1) is 0 Å². The number of piperidine rings is 1. The Morgan fingerprint density at radius 2 is 2.29 bits per heavy atom. The minimum absolute atomic E-state index is 0.490. The lowest BCUT2D eigenvalue weighted by Gasteiger charge is -2.31. The maximum Gasteiger partial charge on any atom is 0.121 e. The molecule has 1 fully saturated rings. The third-order valence-electron chi connectivity index (χ3n) is 3.24. The maximum absolute atomic E-state index is 5.99. The van der Waals surface area contributed by atoms with Crippen molar-refractivity contribution in [1.29, 1.82) is 0 Å². The van der Waals surface area contributed by atoms with Crippen molar-refractivity contribution < 1.29 is 4.74 Å². The summed E-state index contributed by atoms with van der Waals surface area (Å²) in [5.74, 6) is 0.800. The Hall–Kier alpha value is -1.42. The van der Waals surface area contributed by atoms with Crippen LogP contribution < -0.4 is 15.8 Å². The first-order valence-corrected chi connectivity index (χ1v) is 6.07. The number of rotatable bonds is 3. The van der Waals surface area contributed by atoms with Crippen molar-refractivity contribution in [3.05, 3.63) is 18.2 Å². The molecule has 1 heterocycles. The number of hydrogen-bond acceptors (Lipinski definition) is 4. The molecule has 1 unspecified atom stereocenters. The van der Waals surface area contributed by atoms with Gasteiger partial charge in [0.05, 0.1) is 18.5 Å². The van der Waals surface area contributed by atoms with Crippen molar-refractivity contribution in [2.45, 2.75) is 18.9 Å². The predicted octanol–water partition coefficient (Wildman–Crippen LogP) is 1.78. The van der Waals surface area contributed by atoms with Crippen molar-refractivity contribution in [2.75, 3.05) is 38.3 Å². The number of ether oxygens (including phenoxy) is 1. The molecule has 0 radical (unpaired) electrons. The van der Waals surface area contributed by atoms with E-state index in [0.29, 0.717) is 6.04 Å². The fraction of sp³-hybridized carbons (Fsp3) is 0.538. The minimum atomic E-state index is 0.490. The molecule has 1 aliphatic rings. The monoisotopic (exact) mass is 235 g/mol. The molecule has 2 rings (SSSR count). The van der Waals surface area contributed by atoms with Crippen molar-refractivity contribution in [1.82, 2.24) is 4.90 Å². The highest BCUT2D eigenvalue weighted by Crippen LogP contribution is 2.25. The van der Waals surface area contributed by atoms with Crippen LogP contribution in [0, 0.1) is 0 Å². The van der Waals surface area contributed by atoms with Gasteiger partial charge in [0.2, 0.25) is 0 Å². The van der Waals surface area contributed by atoms with Crippen LogP contribution in [0.15, 0.2) is 18.2 Å². The molecule has 0 spiro atoms. The summed E-state index contributed by atoms with van der Waals surface area (Å²) >= 11 is 0. The molecular weight excluding hydrogens is 214 g/mol. The number of nitrogens with zero attached hydrogens (tertiary/aromatic N) is 1. The van der Waals surface area contributed by atoms with Crippen LogP contribution in [0.4, 0.5) is 11.4 Å². The Balaban J connectivity index is 2.02. The SMILES string of the molecule is COc1ccc(NC2CCCN(C)C2)c(N)c1. The van der Waals surface area contributed by atoms with Gasteiger partial charge >= 0.3 is 0 Å². The second-order valence-electron chi connectivity index (χ2n) is 4.70. The highest BCUT2D eigenvalue weighted by Gasteiger charge is 2.17. The molecule has 1 atom stereocenters. The number of likely N-dealkylation sites (N-methyl/N-ethyl adjacent to an activating group) is 1. The van der Waals surface area contributed by atoms with Crippen molar-refractivity contribution in [3.63, 3.8) is 0 Å². The van der Waals surface area contributed by atoms with Gasteiger partial charge in [0.15, 0.2) is 0 Å². The molecule has 1 aromatic carbocycles. The van der Waals surface area contributed by atoms with E-state index in [1.54, 1.807) is 7.11 Å². The Bertz CT molecular complexity index is 381. The fourth-order valence-electron chi connectivity index (χ4n) is 2.30. The van der Waals surface area contributed by atoms with Crippen molar-refractivity contribution in [3.8, 4) is 5.75 Å². The van der Waals surface area contributed by atoms with Crippen LogP contribution in [0.3, 0.4) is 0 Å². The summed E-state index contributed by atoms with van der Waals surface area (Å²) in [6.07, 6.45) is 2.44. The number of nitrogens with two attached hydrogens (primary N) is 1. The van der Waals surface area contributed by atoms with Crippen LogP contribution in [0.1, 0.15) is 12.8 Å². The molecule has 17 heavy (non-hydrogen) atoms. The van der Waals surface area contributed by atoms with E-state index >= 15 is 0 Å². The largest absolute Gasteiger partial charge is 0.497 e. The van der Waals surface area contributed by atoms with Gasteiger partial charge in [-0.05, 0) is 38.6 Å². The lowest BCUT2D eigenvalue weighted by Crippen LogP contribution is -2.39. The number of benzene rings is 1. The molecule has 0 amide bonds. The zero-order valence-electron chi connectivity index (χ0n) is 10.6. The molecule has 1 aliphatic heterocycles. The summed E-state index contributed by atoms with van der Waals surface area (Å²) in [6.45, 7) is 2.27.